The summed E-state index contributed by atoms with van der Waals surface area (Å²) in [5.74, 6) is 1.86. The van der Waals surface area contributed by atoms with Crippen LogP contribution in [0.3, 0.4) is 0 Å². The Balaban J connectivity index is 2.16. The lowest BCUT2D eigenvalue weighted by atomic mass is 9.85. The summed E-state index contributed by atoms with van der Waals surface area (Å²) in [7, 11) is -2.03. The molecule has 1 aliphatic rings. The van der Waals surface area contributed by atoms with E-state index in [4.69, 9.17) is 9.05 Å². The molecule has 0 atom stereocenters. The van der Waals surface area contributed by atoms with Crippen LogP contribution in [-0.4, -0.2) is 4.89 Å². The first-order chi connectivity index (χ1) is 16.5. The molecule has 0 bridgehead atoms. The number of rotatable bonds is 12. The van der Waals surface area contributed by atoms with Gasteiger partial charge in [0.1, 0.15) is 11.5 Å². The van der Waals surface area contributed by atoms with Gasteiger partial charge in [-0.2, -0.15) is 0 Å². The van der Waals surface area contributed by atoms with Crippen LogP contribution in [0.15, 0.2) is 24.3 Å². The maximum atomic E-state index is 10.9. The van der Waals surface area contributed by atoms with Gasteiger partial charge >= 0.3 is 8.60 Å². The summed E-state index contributed by atoms with van der Waals surface area (Å²) < 4.78 is 12.4. The number of hydrogen-bond acceptors (Lipinski definition) is 3. The third kappa shape index (κ3) is 6.76. The lowest BCUT2D eigenvalue weighted by Crippen LogP contribution is -2.12. The van der Waals surface area contributed by atoms with E-state index < -0.39 is 8.60 Å². The fraction of sp³-hybridized carbons (Fsp3) is 0.600. The lowest BCUT2D eigenvalue weighted by Gasteiger charge is -2.29. The summed E-state index contributed by atoms with van der Waals surface area (Å²) in [4.78, 5) is 10.9. The highest BCUT2D eigenvalue weighted by Crippen LogP contribution is 2.50. The van der Waals surface area contributed by atoms with Crippen molar-refractivity contribution in [3.05, 3.63) is 57.6 Å². The minimum Gasteiger partial charge on any atom is -0.417 e. The molecule has 0 unspecified atom stereocenters. The predicted octanol–water partition coefficient (Wildman–Crippen LogP) is 9.20. The Morgan fingerprint density at radius 3 is 1.41 bits per heavy atom. The van der Waals surface area contributed by atoms with E-state index in [1.807, 2.05) is 0 Å². The van der Waals surface area contributed by atoms with Crippen molar-refractivity contribution in [1.29, 1.82) is 0 Å². The second-order valence-electron chi connectivity index (χ2n) is 9.90. The second kappa shape index (κ2) is 13.5. The molecule has 4 heteroatoms. The first-order valence-electron chi connectivity index (χ1n) is 13.7. The highest BCUT2D eigenvalue weighted by Gasteiger charge is 2.30. The molecule has 2 aromatic carbocycles. The zero-order valence-corrected chi connectivity index (χ0v) is 23.0. The van der Waals surface area contributed by atoms with Crippen molar-refractivity contribution < 1.29 is 13.9 Å². The second-order valence-corrected chi connectivity index (χ2v) is 10.7. The minimum absolute atomic E-state index is 0.151. The average molecular weight is 485 g/mol. The molecular formula is C30H45O3P. The molecule has 0 saturated carbocycles. The third-order valence-electron chi connectivity index (χ3n) is 7.02. The third-order valence-corrected chi connectivity index (χ3v) is 7.70. The Morgan fingerprint density at radius 1 is 0.647 bits per heavy atom. The summed E-state index contributed by atoms with van der Waals surface area (Å²) in [6, 6.07) is 9.31. The van der Waals surface area contributed by atoms with Crippen molar-refractivity contribution in [2.75, 3.05) is 0 Å². The van der Waals surface area contributed by atoms with Gasteiger partial charge in [0.05, 0.1) is 0 Å². The van der Waals surface area contributed by atoms with Gasteiger partial charge in [-0.3, -0.25) is 0 Å². The molecule has 0 saturated heterocycles. The lowest BCUT2D eigenvalue weighted by molar-refractivity contribution is 0.368. The molecule has 0 radical (unpaired) electrons. The quantitative estimate of drug-likeness (QED) is 0.305. The van der Waals surface area contributed by atoms with Gasteiger partial charge in [0.25, 0.3) is 0 Å². The van der Waals surface area contributed by atoms with Gasteiger partial charge in [0.2, 0.25) is 0 Å². The molecule has 2 aromatic rings. The average Bonchev–Trinajstić information content (AvgIpc) is 2.84. The zero-order valence-electron chi connectivity index (χ0n) is 22.1. The maximum Gasteiger partial charge on any atom is 0.460 e. The minimum atomic E-state index is -2.03. The summed E-state index contributed by atoms with van der Waals surface area (Å²) >= 11 is 0. The van der Waals surface area contributed by atoms with Crippen LogP contribution < -0.4 is 9.05 Å². The Labute approximate surface area is 209 Å². The summed E-state index contributed by atoms with van der Waals surface area (Å²) in [5.41, 5.74) is 7.64. The van der Waals surface area contributed by atoms with Gasteiger partial charge in [0, 0.05) is 17.0 Å². The summed E-state index contributed by atoms with van der Waals surface area (Å²) in [5, 5.41) is 0. The van der Waals surface area contributed by atoms with Crippen molar-refractivity contribution >= 4 is 8.60 Å². The van der Waals surface area contributed by atoms with Crippen molar-refractivity contribution in [3.8, 4) is 11.5 Å². The highest BCUT2D eigenvalue weighted by atomic mass is 31.2. The molecular weight excluding hydrogens is 439 g/mol. The topological polar surface area (TPSA) is 38.7 Å². The van der Waals surface area contributed by atoms with Crippen LogP contribution in [0.4, 0.5) is 0 Å². The van der Waals surface area contributed by atoms with Gasteiger partial charge < -0.3 is 13.9 Å². The highest BCUT2D eigenvalue weighted by molar-refractivity contribution is 7.41. The van der Waals surface area contributed by atoms with Crippen molar-refractivity contribution in [2.45, 2.75) is 118 Å². The van der Waals surface area contributed by atoms with E-state index in [0.29, 0.717) is 0 Å². The number of benzene rings is 2. The molecule has 0 aromatic heterocycles. The standard InChI is InChI=1S/C30H45O3P/c1-6-10-14-23-18-25(16-12-8-3)29-27(20-23)22(5)28-21-24(15-11-7-2)19-26(17-13-9-4)30(28)33-34(31)32-29/h18-22,31H,6-17H2,1-5H3. The maximum absolute atomic E-state index is 10.9. The molecule has 1 N–H and O–H groups in total. The fourth-order valence-corrected chi connectivity index (χ4v) is 5.72. The summed E-state index contributed by atoms with van der Waals surface area (Å²) in [6.07, 6.45) is 13.4. The van der Waals surface area contributed by atoms with E-state index in [0.717, 1.165) is 62.9 Å². The predicted molar refractivity (Wildman–Crippen MR) is 145 cm³/mol. The Hall–Kier alpha value is -1.57. The number of fused-ring (bicyclic) bond motifs is 2. The molecule has 0 fully saturated rings. The van der Waals surface area contributed by atoms with Gasteiger partial charge in [0.15, 0.2) is 0 Å². The fourth-order valence-electron chi connectivity index (χ4n) is 4.93. The van der Waals surface area contributed by atoms with Crippen LogP contribution >= 0.6 is 8.60 Å². The number of unbranched alkanes of at least 4 members (excludes halogenated alkanes) is 4. The van der Waals surface area contributed by atoms with Crippen LogP contribution in [0.2, 0.25) is 0 Å². The van der Waals surface area contributed by atoms with E-state index in [9.17, 15) is 4.89 Å². The molecule has 34 heavy (non-hydrogen) atoms. The van der Waals surface area contributed by atoms with E-state index in [2.05, 4.69) is 58.9 Å². The normalized spacial score (nSPS) is 17.2. The van der Waals surface area contributed by atoms with Gasteiger partial charge in [-0.1, -0.05) is 84.6 Å². The molecule has 188 valence electrons. The monoisotopic (exact) mass is 484 g/mol. The van der Waals surface area contributed by atoms with E-state index in [1.54, 1.807) is 0 Å². The molecule has 1 aliphatic heterocycles. The van der Waals surface area contributed by atoms with Gasteiger partial charge in [-0.05, 0) is 73.6 Å². The summed E-state index contributed by atoms with van der Waals surface area (Å²) in [6.45, 7) is 11.2. The molecule has 0 aliphatic carbocycles. The SMILES string of the molecule is CCCCc1cc(CCCC)c2c(c1)C(C)c1cc(CCCC)cc(CCCC)c1OP(O)O2. The number of hydrogen-bond donors (Lipinski definition) is 1. The Kier molecular flexibility index (Phi) is 10.7. The van der Waals surface area contributed by atoms with Gasteiger partial charge in [-0.25, -0.2) is 0 Å². The van der Waals surface area contributed by atoms with Gasteiger partial charge in [-0.15, -0.1) is 0 Å². The van der Waals surface area contributed by atoms with Crippen molar-refractivity contribution in [3.63, 3.8) is 0 Å². The van der Waals surface area contributed by atoms with Crippen LogP contribution in [0.1, 0.15) is 125 Å². The number of aryl methyl sites for hydroxylation is 4. The van der Waals surface area contributed by atoms with Crippen molar-refractivity contribution in [2.24, 2.45) is 0 Å². The molecule has 1 heterocycles. The first kappa shape index (κ1) is 27.0. The van der Waals surface area contributed by atoms with E-state index in [1.165, 1.54) is 59.1 Å². The van der Waals surface area contributed by atoms with Crippen LogP contribution in [0, 0.1) is 0 Å². The van der Waals surface area contributed by atoms with Crippen molar-refractivity contribution in [1.82, 2.24) is 0 Å². The molecule has 3 nitrogen and oxygen atoms in total. The Morgan fingerprint density at radius 2 is 1.03 bits per heavy atom. The molecule has 0 spiro atoms. The largest absolute Gasteiger partial charge is 0.460 e. The smallest absolute Gasteiger partial charge is 0.417 e. The molecule has 0 amide bonds. The van der Waals surface area contributed by atoms with Crippen LogP contribution in [0.5, 0.6) is 11.5 Å². The first-order valence-corrected chi connectivity index (χ1v) is 14.8. The van der Waals surface area contributed by atoms with Crippen LogP contribution in [0.25, 0.3) is 0 Å². The molecule has 3 rings (SSSR count). The Bertz CT molecular complexity index is 850. The van der Waals surface area contributed by atoms with E-state index in [-0.39, 0.29) is 5.92 Å². The van der Waals surface area contributed by atoms with Crippen LogP contribution in [-0.2, 0) is 25.7 Å². The zero-order chi connectivity index (χ0) is 24.5. The van der Waals surface area contributed by atoms with E-state index >= 15 is 0 Å².